The van der Waals surface area contributed by atoms with Crippen molar-refractivity contribution in [3.8, 4) is 0 Å². The average Bonchev–Trinajstić information content (AvgIpc) is 2.90. The van der Waals surface area contributed by atoms with E-state index in [1.807, 2.05) is 35.8 Å². The molecule has 0 saturated heterocycles. The van der Waals surface area contributed by atoms with Crippen molar-refractivity contribution in [1.82, 2.24) is 9.62 Å². The molecular weight excluding hydrogens is 399 g/mol. The lowest BCUT2D eigenvalue weighted by Crippen LogP contribution is -2.34. The van der Waals surface area contributed by atoms with Crippen molar-refractivity contribution in [3.63, 3.8) is 0 Å². The third-order valence-electron chi connectivity index (χ3n) is 3.25. The normalized spacial score (nSPS) is 13.5. The van der Waals surface area contributed by atoms with Gasteiger partial charge in [0.1, 0.15) is 4.90 Å². The van der Waals surface area contributed by atoms with E-state index in [-0.39, 0.29) is 32.5 Å². The van der Waals surface area contributed by atoms with Crippen molar-refractivity contribution in [2.24, 2.45) is 0 Å². The molecule has 9 heteroatoms. The van der Waals surface area contributed by atoms with Crippen LogP contribution in [0, 0.1) is 0 Å². The highest BCUT2D eigenvalue weighted by atomic mass is 35.5. The van der Waals surface area contributed by atoms with Crippen molar-refractivity contribution < 1.29 is 8.42 Å². The number of hydrogen-bond acceptors (Lipinski definition) is 4. The van der Waals surface area contributed by atoms with E-state index in [0.29, 0.717) is 0 Å². The van der Waals surface area contributed by atoms with Gasteiger partial charge in [-0.1, -0.05) is 34.8 Å². The average molecular weight is 414 g/mol. The quantitative estimate of drug-likeness (QED) is 0.768. The molecule has 1 N–H and O–H groups in total. The van der Waals surface area contributed by atoms with E-state index in [2.05, 4.69) is 4.72 Å². The Morgan fingerprint density at radius 2 is 1.83 bits per heavy atom. The molecule has 0 spiro atoms. The summed E-state index contributed by atoms with van der Waals surface area (Å²) in [6.45, 7) is 0.196. The summed E-state index contributed by atoms with van der Waals surface area (Å²) < 4.78 is 27.7. The second-order valence-corrected chi connectivity index (χ2v) is 8.82. The third-order valence-corrected chi connectivity index (χ3v) is 6.51. The zero-order chi connectivity index (χ0) is 17.2. The van der Waals surface area contributed by atoms with Crippen LogP contribution >= 0.6 is 46.1 Å². The Morgan fingerprint density at radius 3 is 2.30 bits per heavy atom. The first-order valence-electron chi connectivity index (χ1n) is 6.55. The van der Waals surface area contributed by atoms with Crippen LogP contribution in [0.1, 0.15) is 11.6 Å². The maximum atomic E-state index is 12.5. The number of thiophene rings is 1. The number of benzene rings is 1. The lowest BCUT2D eigenvalue weighted by molar-refractivity contribution is 0.300. The van der Waals surface area contributed by atoms with Crippen LogP contribution in [0.25, 0.3) is 0 Å². The highest BCUT2D eigenvalue weighted by Crippen LogP contribution is 2.32. The van der Waals surface area contributed by atoms with Crippen molar-refractivity contribution in [2.75, 3.05) is 20.6 Å². The first-order chi connectivity index (χ1) is 10.7. The van der Waals surface area contributed by atoms with Gasteiger partial charge in [0, 0.05) is 17.6 Å². The van der Waals surface area contributed by atoms with E-state index >= 15 is 0 Å². The molecule has 1 heterocycles. The lowest BCUT2D eigenvalue weighted by atomic mass is 10.1. The molecule has 0 fully saturated rings. The molecule has 0 aliphatic heterocycles. The summed E-state index contributed by atoms with van der Waals surface area (Å²) >= 11 is 19.4. The zero-order valence-electron chi connectivity index (χ0n) is 12.4. The number of rotatable bonds is 6. The van der Waals surface area contributed by atoms with Crippen LogP contribution in [0.3, 0.4) is 0 Å². The summed E-state index contributed by atoms with van der Waals surface area (Å²) in [5, 5.41) is 4.20. The summed E-state index contributed by atoms with van der Waals surface area (Å²) in [7, 11) is -0.0783. The second-order valence-electron chi connectivity index (χ2n) is 5.09. The van der Waals surface area contributed by atoms with Crippen molar-refractivity contribution >= 4 is 56.2 Å². The standard InChI is InChI=1S/C14H15Cl3N2O2S2/c1-19(2)13(9-3-4-22-8-9)7-18-23(20,21)14-11(16)5-10(15)6-12(14)17/h3-6,8,13,18H,7H2,1-2H3/t13-/m1/s1. The maximum Gasteiger partial charge on any atom is 0.243 e. The Balaban J connectivity index is 2.25. The third kappa shape index (κ3) is 4.60. The summed E-state index contributed by atoms with van der Waals surface area (Å²) in [6.07, 6.45) is 0. The minimum atomic E-state index is -3.85. The molecule has 1 aromatic carbocycles. The van der Waals surface area contributed by atoms with Gasteiger partial charge in [0.05, 0.1) is 10.0 Å². The maximum absolute atomic E-state index is 12.5. The molecule has 0 saturated carbocycles. The van der Waals surface area contributed by atoms with Crippen molar-refractivity contribution in [1.29, 1.82) is 0 Å². The van der Waals surface area contributed by atoms with Gasteiger partial charge >= 0.3 is 0 Å². The molecule has 1 aromatic heterocycles. The van der Waals surface area contributed by atoms with Crippen molar-refractivity contribution in [2.45, 2.75) is 10.9 Å². The molecular formula is C14H15Cl3N2O2S2. The molecule has 2 rings (SSSR count). The number of sulfonamides is 1. The van der Waals surface area contributed by atoms with E-state index in [1.54, 1.807) is 11.3 Å². The van der Waals surface area contributed by atoms with Gasteiger partial charge in [0.2, 0.25) is 10.0 Å². The minimum Gasteiger partial charge on any atom is -0.301 e. The highest BCUT2D eigenvalue weighted by molar-refractivity contribution is 7.89. The fourth-order valence-electron chi connectivity index (χ4n) is 2.11. The van der Waals surface area contributed by atoms with Gasteiger partial charge in [-0.05, 0) is 48.6 Å². The molecule has 2 aromatic rings. The second kappa shape index (κ2) is 7.70. The highest BCUT2D eigenvalue weighted by Gasteiger charge is 2.24. The van der Waals surface area contributed by atoms with Crippen molar-refractivity contribution in [3.05, 3.63) is 49.6 Å². The number of hydrogen-bond donors (Lipinski definition) is 1. The Bertz CT molecular complexity index is 754. The van der Waals surface area contributed by atoms with Gasteiger partial charge in [0.25, 0.3) is 0 Å². The molecule has 0 bridgehead atoms. The van der Waals surface area contributed by atoms with Crippen LogP contribution in [0.4, 0.5) is 0 Å². The Hall–Kier alpha value is -0.340. The summed E-state index contributed by atoms with van der Waals surface area (Å²) in [5.74, 6) is 0. The number of halogens is 3. The Morgan fingerprint density at radius 1 is 1.22 bits per heavy atom. The van der Waals surface area contributed by atoms with Gasteiger partial charge < -0.3 is 4.90 Å². The van der Waals surface area contributed by atoms with Crippen LogP contribution in [0.15, 0.2) is 33.9 Å². The van der Waals surface area contributed by atoms with Gasteiger partial charge in [0.15, 0.2) is 0 Å². The molecule has 0 unspecified atom stereocenters. The van der Waals surface area contributed by atoms with E-state index in [1.165, 1.54) is 12.1 Å². The summed E-state index contributed by atoms with van der Waals surface area (Å²) in [6, 6.07) is 4.57. The number of likely N-dealkylation sites (N-methyl/N-ethyl adjacent to an activating group) is 1. The Kier molecular flexibility index (Phi) is 6.35. The molecule has 0 aliphatic carbocycles. The lowest BCUT2D eigenvalue weighted by Gasteiger charge is -2.24. The molecule has 0 radical (unpaired) electrons. The van der Waals surface area contributed by atoms with E-state index in [4.69, 9.17) is 34.8 Å². The predicted octanol–water partition coefficient (Wildman–Crippen LogP) is 4.29. The predicted molar refractivity (Wildman–Crippen MR) is 97.4 cm³/mol. The zero-order valence-corrected chi connectivity index (χ0v) is 16.3. The monoisotopic (exact) mass is 412 g/mol. The van der Waals surface area contributed by atoms with Gasteiger partial charge in [-0.2, -0.15) is 11.3 Å². The van der Waals surface area contributed by atoms with E-state index in [0.717, 1.165) is 5.56 Å². The number of nitrogens with one attached hydrogen (secondary N) is 1. The molecule has 0 aliphatic rings. The van der Waals surface area contributed by atoms with E-state index in [9.17, 15) is 8.42 Å². The first-order valence-corrected chi connectivity index (χ1v) is 10.1. The van der Waals surface area contributed by atoms with E-state index < -0.39 is 10.0 Å². The fourth-order valence-corrected chi connectivity index (χ4v) is 5.40. The molecule has 126 valence electrons. The first kappa shape index (κ1) is 19.0. The Labute approximate surface area is 155 Å². The SMILES string of the molecule is CN(C)[C@H](CNS(=O)(=O)c1c(Cl)cc(Cl)cc1Cl)c1ccsc1. The molecule has 0 amide bonds. The number of nitrogens with zero attached hydrogens (tertiary/aromatic N) is 1. The van der Waals surface area contributed by atoms with Crippen LogP contribution in [0.2, 0.25) is 15.1 Å². The smallest absolute Gasteiger partial charge is 0.243 e. The molecule has 23 heavy (non-hydrogen) atoms. The minimum absolute atomic E-state index is 0.00747. The summed E-state index contributed by atoms with van der Waals surface area (Å²) in [4.78, 5) is 1.78. The largest absolute Gasteiger partial charge is 0.301 e. The van der Waals surface area contributed by atoms with Crippen LogP contribution in [-0.2, 0) is 10.0 Å². The van der Waals surface area contributed by atoms with Crippen LogP contribution in [0.5, 0.6) is 0 Å². The molecule has 4 nitrogen and oxygen atoms in total. The fraction of sp³-hybridized carbons (Fsp3) is 0.286. The summed E-state index contributed by atoms with van der Waals surface area (Å²) in [5.41, 5.74) is 1.04. The van der Waals surface area contributed by atoms with Crippen LogP contribution < -0.4 is 4.72 Å². The topological polar surface area (TPSA) is 49.4 Å². The molecule has 1 atom stereocenters. The van der Waals surface area contributed by atoms with Crippen LogP contribution in [-0.4, -0.2) is 34.0 Å². The van der Waals surface area contributed by atoms with Gasteiger partial charge in [-0.15, -0.1) is 0 Å². The van der Waals surface area contributed by atoms with Gasteiger partial charge in [-0.3, -0.25) is 0 Å². The van der Waals surface area contributed by atoms with Gasteiger partial charge in [-0.25, -0.2) is 13.1 Å².